The van der Waals surface area contributed by atoms with Crippen LogP contribution in [-0.2, 0) is 36.3 Å². The number of rotatable bonds is 8. The molecular formula is C18H42O8P2. The second kappa shape index (κ2) is 10.0. The van der Waals surface area contributed by atoms with Crippen molar-refractivity contribution in [3.05, 3.63) is 0 Å². The molecule has 0 radical (unpaired) electrons. The molecule has 0 unspecified atom stereocenters. The van der Waals surface area contributed by atoms with Gasteiger partial charge in [-0.25, -0.2) is 9.13 Å². The smallest absolute Gasteiger partial charge is 0.281 e. The number of phosphoric ester groups is 2. The van der Waals surface area contributed by atoms with Gasteiger partial charge in [-0.3, -0.25) is 27.1 Å². The summed E-state index contributed by atoms with van der Waals surface area (Å²) in [7, 11) is -8.02. The first kappa shape index (κ1) is 30.4. The molecule has 0 atom stereocenters. The van der Waals surface area contributed by atoms with Crippen LogP contribution in [0.1, 0.15) is 90.5 Å². The summed E-state index contributed by atoms with van der Waals surface area (Å²) in [6.07, 6.45) is 0. The quantitative estimate of drug-likeness (QED) is 0.287. The van der Waals surface area contributed by atoms with Crippen molar-refractivity contribution in [1.29, 1.82) is 0 Å². The van der Waals surface area contributed by atoms with Crippen LogP contribution in [0, 0.1) is 0 Å². The Morgan fingerprint density at radius 3 is 0.821 bits per heavy atom. The van der Waals surface area contributed by atoms with E-state index in [4.69, 9.17) is 27.1 Å². The van der Waals surface area contributed by atoms with Crippen molar-refractivity contribution in [2.45, 2.75) is 113 Å². The lowest BCUT2D eigenvalue weighted by Gasteiger charge is -2.32. The summed E-state index contributed by atoms with van der Waals surface area (Å²) in [5.74, 6) is 0. The molecule has 28 heavy (non-hydrogen) atoms. The van der Waals surface area contributed by atoms with Crippen LogP contribution in [0.3, 0.4) is 0 Å². The Morgan fingerprint density at radius 2 is 0.679 bits per heavy atom. The normalized spacial score (nSPS) is 14.7. The van der Waals surface area contributed by atoms with E-state index in [1.54, 1.807) is 83.1 Å². The van der Waals surface area contributed by atoms with Gasteiger partial charge in [0.15, 0.2) is 6.79 Å². The molecule has 0 rings (SSSR count). The Hall–Kier alpha value is 0.220. The summed E-state index contributed by atoms with van der Waals surface area (Å²) in [5.41, 5.74) is -3.19. The molecule has 8 nitrogen and oxygen atoms in total. The van der Waals surface area contributed by atoms with Crippen molar-refractivity contribution in [3.8, 4) is 0 Å². The molecule has 0 N–H and O–H groups in total. The van der Waals surface area contributed by atoms with Crippen molar-refractivity contribution in [1.82, 2.24) is 0 Å². The fourth-order valence-electron chi connectivity index (χ4n) is 1.64. The number of phosphoric acid groups is 2. The third-order valence-corrected chi connectivity index (χ3v) is 5.89. The minimum atomic E-state index is -4.01. The Kier molecular flexibility index (Phi) is 10.9. The lowest BCUT2D eigenvalue weighted by Crippen LogP contribution is -2.26. The lowest BCUT2D eigenvalue weighted by atomic mass is 10.2. The summed E-state index contributed by atoms with van der Waals surface area (Å²) >= 11 is 0. The van der Waals surface area contributed by atoms with Gasteiger partial charge in [-0.15, -0.1) is 0 Å². The number of hydrogen-bond acceptors (Lipinski definition) is 8. The summed E-state index contributed by atoms with van der Waals surface area (Å²) in [4.78, 5) is 0. The zero-order chi connectivity index (χ0) is 21.9. The van der Waals surface area contributed by atoms with Crippen LogP contribution in [0.15, 0.2) is 0 Å². The summed E-state index contributed by atoms with van der Waals surface area (Å²) in [6.45, 7) is 19.9. The summed E-state index contributed by atoms with van der Waals surface area (Å²) < 4.78 is 58.4. The fraction of sp³-hybridized carbons (Fsp3) is 1.00. The van der Waals surface area contributed by atoms with Gasteiger partial charge in [0.05, 0.1) is 22.4 Å². The second-order valence-corrected chi connectivity index (χ2v) is 13.1. The van der Waals surface area contributed by atoms with E-state index in [2.05, 4.69) is 0 Å². The van der Waals surface area contributed by atoms with Crippen molar-refractivity contribution < 1.29 is 36.3 Å². The van der Waals surface area contributed by atoms with Gasteiger partial charge in [-0.05, 0) is 83.1 Å². The van der Waals surface area contributed by atoms with E-state index in [1.807, 2.05) is 0 Å². The van der Waals surface area contributed by atoms with Crippen LogP contribution in [0.4, 0.5) is 0 Å². The van der Waals surface area contributed by atoms with E-state index < -0.39 is 44.8 Å². The molecule has 0 spiro atoms. The topological polar surface area (TPSA) is 89.5 Å². The molecule has 0 heterocycles. The maximum atomic E-state index is 13.0. The van der Waals surface area contributed by atoms with Crippen molar-refractivity contribution in [2.24, 2.45) is 0 Å². The highest BCUT2D eigenvalue weighted by atomic mass is 31.2. The molecule has 10 heteroatoms. The summed E-state index contributed by atoms with van der Waals surface area (Å²) in [5, 5.41) is 0. The first-order valence-electron chi connectivity index (χ1n) is 8.85. The predicted molar refractivity (Wildman–Crippen MR) is 112 cm³/mol. The highest BCUT2D eigenvalue weighted by Crippen LogP contribution is 2.59. The molecule has 0 aromatic heterocycles. The van der Waals surface area contributed by atoms with E-state index >= 15 is 0 Å². The van der Waals surface area contributed by atoms with Gasteiger partial charge in [0, 0.05) is 0 Å². The van der Waals surface area contributed by atoms with E-state index in [0.29, 0.717) is 0 Å². The van der Waals surface area contributed by atoms with Crippen LogP contribution in [0.5, 0.6) is 0 Å². The zero-order valence-corrected chi connectivity index (χ0v) is 20.7. The molecule has 0 aliphatic rings. The maximum Gasteiger partial charge on any atom is 0.477 e. The van der Waals surface area contributed by atoms with Crippen molar-refractivity contribution in [2.75, 3.05) is 6.79 Å². The van der Waals surface area contributed by atoms with Gasteiger partial charge in [0.2, 0.25) is 0 Å². The molecule has 0 aromatic rings. The molecular weight excluding hydrogens is 406 g/mol. The fourth-order valence-corrected chi connectivity index (χ4v) is 5.05. The number of hydrogen-bond donors (Lipinski definition) is 0. The molecule has 0 bridgehead atoms. The predicted octanol–water partition coefficient (Wildman–Crippen LogP) is 7.09. The first-order chi connectivity index (χ1) is 11.5. The van der Waals surface area contributed by atoms with Gasteiger partial charge >= 0.3 is 15.6 Å². The third-order valence-electron chi connectivity index (χ3n) is 1.96. The van der Waals surface area contributed by atoms with E-state index in [-0.39, 0.29) is 7.43 Å². The average molecular weight is 448 g/mol. The Bertz CT molecular complexity index is 472. The Morgan fingerprint density at radius 1 is 0.500 bits per heavy atom. The zero-order valence-electron chi connectivity index (χ0n) is 18.9. The third kappa shape index (κ3) is 16.1. The van der Waals surface area contributed by atoms with Crippen LogP contribution in [0.25, 0.3) is 0 Å². The van der Waals surface area contributed by atoms with Crippen molar-refractivity contribution >= 4 is 15.6 Å². The lowest BCUT2D eigenvalue weighted by molar-refractivity contribution is -0.0452. The van der Waals surface area contributed by atoms with Crippen LogP contribution in [0.2, 0.25) is 0 Å². The molecule has 0 aromatic carbocycles. The molecule has 0 saturated heterocycles. The standard InChI is InChI=1S/C17H38O8P2.CH4/c1-14(2,3)22-26(18,23-15(4,5)6)20-13-21-27(19,24-16(7,8)9)25-17(10,11)12;/h13H2,1-12H3;1H4. The van der Waals surface area contributed by atoms with E-state index in [0.717, 1.165) is 0 Å². The molecule has 0 amide bonds. The van der Waals surface area contributed by atoms with Gasteiger partial charge in [0.1, 0.15) is 0 Å². The van der Waals surface area contributed by atoms with Crippen LogP contribution < -0.4 is 0 Å². The van der Waals surface area contributed by atoms with Gasteiger partial charge < -0.3 is 0 Å². The highest BCUT2D eigenvalue weighted by Gasteiger charge is 2.41. The van der Waals surface area contributed by atoms with Crippen LogP contribution in [-0.4, -0.2) is 29.2 Å². The second-order valence-electron chi connectivity index (χ2n) is 10.1. The minimum Gasteiger partial charge on any atom is -0.281 e. The van der Waals surface area contributed by atoms with Gasteiger partial charge in [-0.2, -0.15) is 0 Å². The Labute approximate surface area is 172 Å². The van der Waals surface area contributed by atoms with E-state index in [9.17, 15) is 9.13 Å². The maximum absolute atomic E-state index is 13.0. The molecule has 0 saturated carbocycles. The largest absolute Gasteiger partial charge is 0.477 e. The minimum absolute atomic E-state index is 0. The van der Waals surface area contributed by atoms with Crippen LogP contribution >= 0.6 is 15.6 Å². The van der Waals surface area contributed by atoms with Gasteiger partial charge in [-0.1, -0.05) is 7.43 Å². The van der Waals surface area contributed by atoms with Gasteiger partial charge in [0.25, 0.3) is 0 Å². The first-order valence-corrected chi connectivity index (χ1v) is 11.8. The summed E-state index contributed by atoms with van der Waals surface area (Å²) in [6, 6.07) is 0. The Balaban J connectivity index is 0. The molecule has 0 aliphatic carbocycles. The SMILES string of the molecule is C.CC(C)(C)OP(=O)(OCOP(=O)(OC(C)(C)C)OC(C)(C)C)OC(C)(C)C. The van der Waals surface area contributed by atoms with E-state index in [1.165, 1.54) is 0 Å². The molecule has 172 valence electrons. The average Bonchev–Trinajstić information content (AvgIpc) is 2.14. The molecule has 0 aliphatic heterocycles. The molecule has 0 fully saturated rings. The van der Waals surface area contributed by atoms with Crippen molar-refractivity contribution in [3.63, 3.8) is 0 Å². The monoisotopic (exact) mass is 448 g/mol. The highest BCUT2D eigenvalue weighted by molar-refractivity contribution is 7.49.